The monoisotopic (exact) mass is 278 g/mol. The van der Waals surface area contributed by atoms with E-state index in [-0.39, 0.29) is 41.7 Å². The lowest BCUT2D eigenvalue weighted by molar-refractivity contribution is -0.147. The molecule has 0 bridgehead atoms. The number of rotatable bonds is 0. The van der Waals surface area contributed by atoms with Crippen LogP contribution in [0, 0.1) is 11.8 Å². The van der Waals surface area contributed by atoms with Crippen molar-refractivity contribution in [2.45, 2.75) is 61.8 Å². The van der Waals surface area contributed by atoms with Crippen molar-refractivity contribution in [1.82, 2.24) is 0 Å². The first-order chi connectivity index (χ1) is 9.33. The van der Waals surface area contributed by atoms with Crippen LogP contribution in [-0.4, -0.2) is 46.2 Å². The normalized spacial score (nSPS) is 65.7. The Balaban J connectivity index is 1.67. The molecule has 0 aromatic carbocycles. The molecule has 0 aromatic heterocycles. The van der Waals surface area contributed by atoms with Gasteiger partial charge in [0.15, 0.2) is 0 Å². The second-order valence-corrected chi connectivity index (χ2v) is 7.35. The minimum atomic E-state index is -0.904. The second kappa shape index (κ2) is 2.85. The highest BCUT2D eigenvalue weighted by atomic mass is 16.7. The van der Waals surface area contributed by atoms with Gasteiger partial charge < -0.3 is 19.3 Å². The van der Waals surface area contributed by atoms with Gasteiger partial charge >= 0.3 is 5.97 Å². The van der Waals surface area contributed by atoms with Crippen molar-refractivity contribution in [1.29, 1.82) is 0 Å². The Bertz CT molecular complexity index is 569. The summed E-state index contributed by atoms with van der Waals surface area (Å²) in [6.07, 6.45) is 1.01. The molecule has 5 aliphatic rings. The molecule has 5 nitrogen and oxygen atoms in total. The maximum atomic E-state index is 11.9. The number of carbonyl (C=O) groups excluding carboxylic acids is 1. The molecule has 3 heterocycles. The molecule has 5 fully saturated rings. The number of ether oxygens (including phenoxy) is 3. The highest BCUT2D eigenvalue weighted by molar-refractivity contribution is 5.91. The van der Waals surface area contributed by atoms with E-state index in [1.165, 1.54) is 0 Å². The number of hydrogen-bond acceptors (Lipinski definition) is 5. The summed E-state index contributed by atoms with van der Waals surface area (Å²) >= 11 is 0. The van der Waals surface area contributed by atoms with E-state index in [0.717, 1.165) is 0 Å². The SMILES string of the molecule is C=C1C(=O)O[C@H]2[C@H]1CC[C@@](C)(O)[C@]13O[C@@H]1[C@H]1O[C@@]1(C)[C@H]23. The molecule has 0 amide bonds. The Kier molecular flexibility index (Phi) is 1.67. The Morgan fingerprint density at radius 1 is 1.30 bits per heavy atom. The third kappa shape index (κ3) is 0.954. The van der Waals surface area contributed by atoms with Crippen LogP contribution < -0.4 is 0 Å². The molecule has 3 aliphatic heterocycles. The Hall–Kier alpha value is -0.910. The fourth-order valence-electron chi connectivity index (χ4n) is 5.23. The van der Waals surface area contributed by atoms with Crippen LogP contribution in [-0.2, 0) is 19.0 Å². The van der Waals surface area contributed by atoms with Gasteiger partial charge in [-0.1, -0.05) is 6.58 Å². The van der Waals surface area contributed by atoms with Crippen molar-refractivity contribution < 1.29 is 24.1 Å². The molecule has 3 saturated heterocycles. The third-order valence-electron chi connectivity index (χ3n) is 6.39. The van der Waals surface area contributed by atoms with Crippen molar-refractivity contribution in [3.05, 3.63) is 12.2 Å². The summed E-state index contributed by atoms with van der Waals surface area (Å²) in [6.45, 7) is 7.78. The van der Waals surface area contributed by atoms with Crippen LogP contribution >= 0.6 is 0 Å². The van der Waals surface area contributed by atoms with Crippen LogP contribution in [0.3, 0.4) is 0 Å². The minimum absolute atomic E-state index is 0.0250. The summed E-state index contributed by atoms with van der Waals surface area (Å²) in [7, 11) is 0. The van der Waals surface area contributed by atoms with Crippen LogP contribution in [0.15, 0.2) is 12.2 Å². The molecular weight excluding hydrogens is 260 g/mol. The molecule has 108 valence electrons. The van der Waals surface area contributed by atoms with Crippen LogP contribution in [0.4, 0.5) is 0 Å². The first-order valence-electron chi connectivity index (χ1n) is 7.31. The number of aliphatic hydroxyl groups is 1. The molecule has 0 unspecified atom stereocenters. The van der Waals surface area contributed by atoms with Gasteiger partial charge in [-0.2, -0.15) is 0 Å². The average molecular weight is 278 g/mol. The highest BCUT2D eigenvalue weighted by Gasteiger charge is 2.92. The van der Waals surface area contributed by atoms with Crippen molar-refractivity contribution in [2.75, 3.05) is 0 Å². The molecule has 1 N–H and O–H groups in total. The number of epoxide rings is 2. The van der Waals surface area contributed by atoms with Gasteiger partial charge in [-0.05, 0) is 26.7 Å². The average Bonchev–Trinajstić information content (AvgIpc) is 3.21. The Morgan fingerprint density at radius 3 is 2.80 bits per heavy atom. The molecular formula is C15H18O5. The molecule has 2 aliphatic carbocycles. The molecule has 20 heavy (non-hydrogen) atoms. The van der Waals surface area contributed by atoms with Crippen LogP contribution in [0.5, 0.6) is 0 Å². The van der Waals surface area contributed by atoms with Crippen LogP contribution in [0.25, 0.3) is 0 Å². The highest BCUT2D eigenvalue weighted by Crippen LogP contribution is 2.75. The van der Waals surface area contributed by atoms with Crippen molar-refractivity contribution in [2.24, 2.45) is 11.8 Å². The van der Waals surface area contributed by atoms with Gasteiger partial charge in [0, 0.05) is 11.5 Å². The smallest absolute Gasteiger partial charge is 0.334 e. The van der Waals surface area contributed by atoms with E-state index < -0.39 is 11.2 Å². The Morgan fingerprint density at radius 2 is 2.05 bits per heavy atom. The molecule has 5 heteroatoms. The van der Waals surface area contributed by atoms with E-state index in [4.69, 9.17) is 14.2 Å². The zero-order valence-electron chi connectivity index (χ0n) is 11.6. The molecule has 0 radical (unpaired) electrons. The van der Waals surface area contributed by atoms with E-state index in [1.54, 1.807) is 0 Å². The van der Waals surface area contributed by atoms with Crippen LogP contribution in [0.2, 0.25) is 0 Å². The maximum Gasteiger partial charge on any atom is 0.334 e. The van der Waals surface area contributed by atoms with Crippen molar-refractivity contribution in [3.8, 4) is 0 Å². The van der Waals surface area contributed by atoms with Gasteiger partial charge in [0.2, 0.25) is 0 Å². The lowest BCUT2D eigenvalue weighted by Crippen LogP contribution is -2.53. The minimum Gasteiger partial charge on any atom is -0.458 e. The lowest BCUT2D eigenvalue weighted by atomic mass is 9.74. The predicted octanol–water partition coefficient (Wildman–Crippen LogP) is 0.554. The molecule has 8 atom stereocenters. The zero-order chi connectivity index (χ0) is 14.1. The van der Waals surface area contributed by atoms with E-state index in [2.05, 4.69) is 6.58 Å². The van der Waals surface area contributed by atoms with Crippen molar-refractivity contribution >= 4 is 5.97 Å². The largest absolute Gasteiger partial charge is 0.458 e. The summed E-state index contributed by atoms with van der Waals surface area (Å²) < 4.78 is 17.4. The summed E-state index contributed by atoms with van der Waals surface area (Å²) in [5.41, 5.74) is -1.30. The van der Waals surface area contributed by atoms with Crippen molar-refractivity contribution in [3.63, 3.8) is 0 Å². The first kappa shape index (κ1) is 11.7. The zero-order valence-corrected chi connectivity index (χ0v) is 11.6. The van der Waals surface area contributed by atoms with Gasteiger partial charge in [-0.15, -0.1) is 0 Å². The third-order valence-corrected chi connectivity index (χ3v) is 6.39. The quantitative estimate of drug-likeness (QED) is 0.398. The first-order valence-corrected chi connectivity index (χ1v) is 7.31. The van der Waals surface area contributed by atoms with Gasteiger partial charge in [-0.3, -0.25) is 0 Å². The number of fused-ring (bicyclic) bond motifs is 5. The fourth-order valence-corrected chi connectivity index (χ4v) is 5.23. The van der Waals surface area contributed by atoms with E-state index in [1.807, 2.05) is 13.8 Å². The molecule has 1 spiro atoms. The van der Waals surface area contributed by atoms with Gasteiger partial charge in [0.25, 0.3) is 0 Å². The number of carbonyl (C=O) groups is 1. The van der Waals surface area contributed by atoms with Gasteiger partial charge in [0.1, 0.15) is 29.5 Å². The fraction of sp³-hybridized carbons (Fsp3) is 0.800. The summed E-state index contributed by atoms with van der Waals surface area (Å²) in [6, 6.07) is 0. The predicted molar refractivity (Wildman–Crippen MR) is 66.7 cm³/mol. The maximum absolute atomic E-state index is 11.9. The second-order valence-electron chi connectivity index (χ2n) is 7.35. The van der Waals surface area contributed by atoms with E-state index >= 15 is 0 Å². The molecule has 0 aromatic rings. The number of esters is 1. The van der Waals surface area contributed by atoms with E-state index in [9.17, 15) is 9.90 Å². The topological polar surface area (TPSA) is 71.6 Å². The summed E-state index contributed by atoms with van der Waals surface area (Å²) in [4.78, 5) is 11.9. The summed E-state index contributed by atoms with van der Waals surface area (Å²) in [5.74, 6) is -0.430. The molecule has 2 saturated carbocycles. The number of hydrogen-bond donors (Lipinski definition) is 1. The van der Waals surface area contributed by atoms with Crippen LogP contribution in [0.1, 0.15) is 26.7 Å². The molecule has 5 rings (SSSR count). The van der Waals surface area contributed by atoms with Gasteiger partial charge in [-0.25, -0.2) is 4.79 Å². The summed E-state index contributed by atoms with van der Waals surface area (Å²) in [5, 5.41) is 10.9. The van der Waals surface area contributed by atoms with E-state index in [0.29, 0.717) is 18.4 Å². The Labute approximate surface area is 116 Å². The lowest BCUT2D eigenvalue weighted by Gasteiger charge is -2.36. The standard InChI is InChI=1S/C15H18O5/c1-6-7-4-5-13(2,17)15-9(8(7)18-12(6)16)14(3)10(19-14)11(15)20-15/h7-11,17H,1,4-5H2,2-3H3/t7-,8-,9-,10+,11+,13+,14-,15+/m0/s1. The van der Waals surface area contributed by atoms with Gasteiger partial charge in [0.05, 0.1) is 11.5 Å².